The highest BCUT2D eigenvalue weighted by Crippen LogP contribution is 2.58. The van der Waals surface area contributed by atoms with Crippen LogP contribution in [0, 0.1) is 11.3 Å². The smallest absolute Gasteiger partial charge is 0.223 e. The summed E-state index contributed by atoms with van der Waals surface area (Å²) in [5.74, 6) is 0.359. The van der Waals surface area contributed by atoms with Crippen LogP contribution >= 0.6 is 0 Å². The van der Waals surface area contributed by atoms with E-state index in [1.807, 2.05) is 6.92 Å². The summed E-state index contributed by atoms with van der Waals surface area (Å²) in [7, 11) is 0. The van der Waals surface area contributed by atoms with Crippen LogP contribution in [0.4, 0.5) is 0 Å². The molecule has 2 fully saturated rings. The minimum atomic E-state index is -0.0631. The van der Waals surface area contributed by atoms with Gasteiger partial charge in [0, 0.05) is 5.92 Å². The number of rotatable bonds is 4. The average Bonchev–Trinajstić information content (AvgIpc) is 3.00. The molecule has 0 aromatic rings. The van der Waals surface area contributed by atoms with Crippen LogP contribution in [0.3, 0.4) is 0 Å². The molecule has 0 aromatic heterocycles. The van der Waals surface area contributed by atoms with Crippen molar-refractivity contribution >= 4 is 5.91 Å². The Morgan fingerprint density at radius 3 is 2.81 bits per heavy atom. The van der Waals surface area contributed by atoms with E-state index in [1.165, 1.54) is 0 Å². The van der Waals surface area contributed by atoms with Crippen LogP contribution in [0.1, 0.15) is 32.6 Å². The maximum absolute atomic E-state index is 12.0. The first-order valence-corrected chi connectivity index (χ1v) is 6.34. The van der Waals surface area contributed by atoms with Gasteiger partial charge in [-0.05, 0) is 44.2 Å². The van der Waals surface area contributed by atoms with Gasteiger partial charge in [-0.25, -0.2) is 0 Å². The maximum Gasteiger partial charge on any atom is 0.223 e. The van der Waals surface area contributed by atoms with Gasteiger partial charge in [-0.3, -0.25) is 4.79 Å². The molecule has 1 saturated heterocycles. The van der Waals surface area contributed by atoms with Gasteiger partial charge in [0.2, 0.25) is 5.91 Å². The summed E-state index contributed by atoms with van der Waals surface area (Å²) in [6, 6.07) is -0.0631. The molecule has 4 heteroatoms. The monoisotopic (exact) mass is 226 g/mol. The Morgan fingerprint density at radius 2 is 2.25 bits per heavy atom. The highest BCUT2D eigenvalue weighted by atomic mass is 16.3. The molecule has 1 amide bonds. The molecule has 1 heterocycles. The Bertz CT molecular complexity index is 258. The van der Waals surface area contributed by atoms with Crippen molar-refractivity contribution < 1.29 is 9.90 Å². The second-order valence-electron chi connectivity index (χ2n) is 5.17. The summed E-state index contributed by atoms with van der Waals surface area (Å²) in [5.41, 5.74) is 0.295. The second-order valence-corrected chi connectivity index (χ2v) is 5.17. The fraction of sp³-hybridized carbons (Fsp3) is 0.917. The number of piperidine rings is 1. The predicted octanol–water partition coefficient (Wildman–Crippen LogP) is 0.263. The predicted molar refractivity (Wildman–Crippen MR) is 62.0 cm³/mol. The van der Waals surface area contributed by atoms with Gasteiger partial charge in [-0.15, -0.1) is 0 Å². The van der Waals surface area contributed by atoms with Crippen LogP contribution in [-0.2, 0) is 4.79 Å². The van der Waals surface area contributed by atoms with Gasteiger partial charge in [-0.1, -0.05) is 6.92 Å². The highest BCUT2D eigenvalue weighted by molar-refractivity contribution is 5.82. The highest BCUT2D eigenvalue weighted by Gasteiger charge is 2.57. The Kier molecular flexibility index (Phi) is 3.50. The molecule has 2 atom stereocenters. The van der Waals surface area contributed by atoms with Crippen molar-refractivity contribution in [1.29, 1.82) is 0 Å². The fourth-order valence-corrected chi connectivity index (χ4v) is 2.77. The molecule has 1 saturated carbocycles. The molecule has 1 aliphatic heterocycles. The van der Waals surface area contributed by atoms with Crippen molar-refractivity contribution in [2.24, 2.45) is 11.3 Å². The van der Waals surface area contributed by atoms with E-state index < -0.39 is 0 Å². The van der Waals surface area contributed by atoms with Crippen LogP contribution in [0.2, 0.25) is 0 Å². The van der Waals surface area contributed by atoms with Crippen molar-refractivity contribution in [3.05, 3.63) is 0 Å². The number of amides is 1. The normalized spacial score (nSPS) is 28.8. The van der Waals surface area contributed by atoms with E-state index in [0.717, 1.165) is 38.8 Å². The molecular formula is C12H22N2O2. The Balaban J connectivity index is 1.83. The molecule has 1 unspecified atom stereocenters. The lowest BCUT2D eigenvalue weighted by atomic mass is 9.91. The van der Waals surface area contributed by atoms with E-state index >= 15 is 0 Å². The van der Waals surface area contributed by atoms with Gasteiger partial charge in [0.05, 0.1) is 12.6 Å². The van der Waals surface area contributed by atoms with Crippen molar-refractivity contribution in [2.75, 3.05) is 19.7 Å². The largest absolute Gasteiger partial charge is 0.394 e. The van der Waals surface area contributed by atoms with Gasteiger partial charge in [-0.2, -0.15) is 0 Å². The zero-order valence-electron chi connectivity index (χ0n) is 9.96. The molecule has 4 nitrogen and oxygen atoms in total. The van der Waals surface area contributed by atoms with E-state index in [-0.39, 0.29) is 24.5 Å². The summed E-state index contributed by atoms with van der Waals surface area (Å²) in [5, 5.41) is 15.3. The third-order valence-corrected chi connectivity index (χ3v) is 4.17. The first-order valence-electron chi connectivity index (χ1n) is 6.34. The minimum absolute atomic E-state index is 0.0452. The number of carbonyl (C=O) groups excluding carboxylic acids is 1. The summed E-state index contributed by atoms with van der Waals surface area (Å²) in [6.45, 7) is 4.11. The van der Waals surface area contributed by atoms with E-state index in [1.54, 1.807) is 0 Å². The number of aliphatic hydroxyl groups is 1. The topological polar surface area (TPSA) is 61.4 Å². The number of hydrogen-bond donors (Lipinski definition) is 3. The Labute approximate surface area is 96.8 Å². The zero-order chi connectivity index (χ0) is 11.6. The molecule has 0 bridgehead atoms. The van der Waals surface area contributed by atoms with Crippen molar-refractivity contribution in [3.63, 3.8) is 0 Å². The van der Waals surface area contributed by atoms with Crippen LogP contribution in [-0.4, -0.2) is 36.8 Å². The van der Waals surface area contributed by atoms with Gasteiger partial charge < -0.3 is 15.7 Å². The molecule has 3 N–H and O–H groups in total. The van der Waals surface area contributed by atoms with E-state index in [9.17, 15) is 4.79 Å². The molecule has 1 spiro atoms. The van der Waals surface area contributed by atoms with Gasteiger partial charge >= 0.3 is 0 Å². The third-order valence-electron chi connectivity index (χ3n) is 4.17. The molecule has 92 valence electrons. The number of hydrogen-bond acceptors (Lipinski definition) is 3. The molecule has 0 aromatic carbocycles. The standard InChI is InChI=1S/C12H22N2O2/c1-2-9(8-15)14-11(16)10-7-12(10)3-5-13-6-4-12/h9-10,13,15H,2-8H2,1H3,(H,14,16)/t9-,10?/m0/s1. The van der Waals surface area contributed by atoms with Crippen LogP contribution in [0.5, 0.6) is 0 Å². The lowest BCUT2D eigenvalue weighted by molar-refractivity contribution is -0.124. The van der Waals surface area contributed by atoms with Gasteiger partial charge in [0.25, 0.3) is 0 Å². The summed E-state index contributed by atoms with van der Waals surface area (Å²) >= 11 is 0. The van der Waals surface area contributed by atoms with Crippen LogP contribution in [0.25, 0.3) is 0 Å². The van der Waals surface area contributed by atoms with Gasteiger partial charge in [0.15, 0.2) is 0 Å². The Hall–Kier alpha value is -0.610. The summed E-state index contributed by atoms with van der Waals surface area (Å²) in [4.78, 5) is 12.0. The molecule has 2 rings (SSSR count). The SMILES string of the molecule is CC[C@@H](CO)NC(=O)C1CC12CCNCC2. The number of nitrogens with one attached hydrogen (secondary N) is 2. The molecule has 2 aliphatic rings. The van der Waals surface area contributed by atoms with Crippen molar-refractivity contribution in [1.82, 2.24) is 10.6 Å². The molecule has 16 heavy (non-hydrogen) atoms. The maximum atomic E-state index is 12.0. The summed E-state index contributed by atoms with van der Waals surface area (Å²) < 4.78 is 0. The molecule has 0 radical (unpaired) electrons. The zero-order valence-corrected chi connectivity index (χ0v) is 9.96. The third kappa shape index (κ3) is 2.23. The second kappa shape index (κ2) is 4.72. The number of carbonyl (C=O) groups is 1. The minimum Gasteiger partial charge on any atom is -0.394 e. The van der Waals surface area contributed by atoms with E-state index in [2.05, 4.69) is 10.6 Å². The van der Waals surface area contributed by atoms with Crippen molar-refractivity contribution in [2.45, 2.75) is 38.6 Å². The molecule has 1 aliphatic carbocycles. The quantitative estimate of drug-likeness (QED) is 0.644. The molecular weight excluding hydrogens is 204 g/mol. The van der Waals surface area contributed by atoms with Crippen LogP contribution in [0.15, 0.2) is 0 Å². The first kappa shape index (κ1) is 11.9. The van der Waals surface area contributed by atoms with Crippen LogP contribution < -0.4 is 10.6 Å². The van der Waals surface area contributed by atoms with E-state index in [0.29, 0.717) is 5.41 Å². The number of aliphatic hydroxyl groups excluding tert-OH is 1. The lowest BCUT2D eigenvalue weighted by Crippen LogP contribution is -2.40. The first-order chi connectivity index (χ1) is 7.72. The Morgan fingerprint density at radius 1 is 1.56 bits per heavy atom. The summed E-state index contributed by atoms with van der Waals surface area (Å²) in [6.07, 6.45) is 4.09. The van der Waals surface area contributed by atoms with E-state index in [4.69, 9.17) is 5.11 Å². The van der Waals surface area contributed by atoms with Gasteiger partial charge in [0.1, 0.15) is 0 Å². The van der Waals surface area contributed by atoms with Crippen molar-refractivity contribution in [3.8, 4) is 0 Å². The fourth-order valence-electron chi connectivity index (χ4n) is 2.77. The average molecular weight is 226 g/mol. The lowest BCUT2D eigenvalue weighted by Gasteiger charge is -2.23.